The first-order valence-corrected chi connectivity index (χ1v) is 22.3. The number of rotatable bonds is 5. The molecule has 0 N–H and O–H groups in total. The molecule has 0 aliphatic heterocycles. The molecule has 0 radical (unpaired) electrons. The fourth-order valence-corrected chi connectivity index (χ4v) is 11.1. The number of benzene rings is 9. The highest BCUT2D eigenvalue weighted by Crippen LogP contribution is 2.47. The Bertz CT molecular complexity index is 4180. The largest absolute Gasteiger partial charge is 0.455 e. The number of hydrogen-bond donors (Lipinski definition) is 0. The van der Waals surface area contributed by atoms with Gasteiger partial charge in [-0.2, -0.15) is 0 Å². The van der Waals surface area contributed by atoms with Crippen LogP contribution in [0.15, 0.2) is 205 Å². The van der Waals surface area contributed by atoms with Crippen molar-refractivity contribution in [2.45, 2.75) is 0 Å². The number of fused-ring (bicyclic) bond motifs is 13. The van der Waals surface area contributed by atoms with E-state index < -0.39 is 0 Å². The van der Waals surface area contributed by atoms with Crippen LogP contribution in [0, 0.1) is 0 Å². The zero-order chi connectivity index (χ0) is 41.9. The van der Waals surface area contributed by atoms with Crippen LogP contribution >= 0.6 is 11.3 Å². The average Bonchev–Trinajstić information content (AvgIpc) is 4.11. The first-order valence-electron chi connectivity index (χ1n) is 21.4. The minimum Gasteiger partial charge on any atom is -0.455 e. The monoisotopic (exact) mass is 835 g/mol. The zero-order valence-electron chi connectivity index (χ0n) is 34.1. The quantitative estimate of drug-likeness (QED) is 0.173. The number of nitrogens with zero attached hydrogens (tertiary/aromatic N) is 5. The molecule has 5 aromatic heterocycles. The SMILES string of the molecule is c1ccc(-c2nc(-c3ccc(-n4c5ccccc5c5cc6c7ccccc7n(-c7ccccc7)c6cc54)cc3)nc(-c3cc4c5ccccc5oc4c4c3sc3ccccc34)n2)cc1. The molecule has 6 nitrogen and oxygen atoms in total. The van der Waals surface area contributed by atoms with E-state index in [0.29, 0.717) is 17.5 Å². The summed E-state index contributed by atoms with van der Waals surface area (Å²) in [5.41, 5.74) is 11.4. The molecule has 0 unspecified atom stereocenters. The van der Waals surface area contributed by atoms with Gasteiger partial charge in [-0.1, -0.05) is 121 Å². The summed E-state index contributed by atoms with van der Waals surface area (Å²) in [4.78, 5) is 15.7. The molecule has 64 heavy (non-hydrogen) atoms. The van der Waals surface area contributed by atoms with Crippen molar-refractivity contribution in [1.82, 2.24) is 24.1 Å². The molecule has 14 rings (SSSR count). The predicted octanol–water partition coefficient (Wildman–Crippen LogP) is 15.3. The molecular weight excluding hydrogens is 803 g/mol. The summed E-state index contributed by atoms with van der Waals surface area (Å²) in [5, 5.41) is 9.26. The van der Waals surface area contributed by atoms with Gasteiger partial charge in [-0.3, -0.25) is 0 Å². The second kappa shape index (κ2) is 13.6. The first kappa shape index (κ1) is 35.2. The Morgan fingerprint density at radius 3 is 1.59 bits per heavy atom. The number of hydrogen-bond acceptors (Lipinski definition) is 5. The van der Waals surface area contributed by atoms with Crippen molar-refractivity contribution in [2.24, 2.45) is 0 Å². The Morgan fingerprint density at radius 1 is 0.375 bits per heavy atom. The Kier molecular flexibility index (Phi) is 7.46. The van der Waals surface area contributed by atoms with Gasteiger partial charge in [-0.25, -0.2) is 15.0 Å². The van der Waals surface area contributed by atoms with E-state index in [1.807, 2.05) is 30.3 Å². The highest BCUT2D eigenvalue weighted by Gasteiger charge is 2.23. The molecule has 0 saturated heterocycles. The molecule has 0 fully saturated rings. The molecule has 0 spiro atoms. The maximum Gasteiger partial charge on any atom is 0.165 e. The molecule has 0 aliphatic carbocycles. The molecule has 0 amide bonds. The van der Waals surface area contributed by atoms with Gasteiger partial charge in [0.1, 0.15) is 11.2 Å². The van der Waals surface area contributed by atoms with Gasteiger partial charge in [0, 0.05) is 75.9 Å². The average molecular weight is 836 g/mol. The maximum atomic E-state index is 6.62. The molecule has 0 atom stereocenters. The van der Waals surface area contributed by atoms with Gasteiger partial charge in [0.25, 0.3) is 0 Å². The third-order valence-corrected chi connectivity index (χ3v) is 14.0. The Hall–Kier alpha value is -8.39. The summed E-state index contributed by atoms with van der Waals surface area (Å²) < 4.78 is 13.7. The van der Waals surface area contributed by atoms with Gasteiger partial charge >= 0.3 is 0 Å². The Labute approximate surface area is 369 Å². The standard InChI is InChI=1S/C57H33N5OS/c1-3-15-34(16-4-1)55-58-56(60-57(59-55)45-32-44-40-21-9-13-25-50(40)63-53(44)52-41-22-10-14-26-51(41)64-54(45)52)35-27-29-37(30-28-35)62-47-24-12-8-20-39(47)43-31-42-38-19-7-11-23-46(38)61(48(42)33-49(43)62)36-17-5-2-6-18-36/h1-33H. The summed E-state index contributed by atoms with van der Waals surface area (Å²) in [6, 6.07) is 70.7. The van der Waals surface area contributed by atoms with Crippen LogP contribution in [-0.4, -0.2) is 24.1 Å². The zero-order valence-corrected chi connectivity index (χ0v) is 34.9. The fourth-order valence-electron chi connectivity index (χ4n) is 9.90. The first-order chi connectivity index (χ1) is 31.7. The van der Waals surface area contributed by atoms with Crippen molar-refractivity contribution in [2.75, 3.05) is 0 Å². The molecule has 0 bridgehead atoms. The van der Waals surface area contributed by atoms with E-state index in [-0.39, 0.29) is 0 Å². The fraction of sp³-hybridized carbons (Fsp3) is 0. The van der Waals surface area contributed by atoms with E-state index in [0.717, 1.165) is 76.5 Å². The maximum absolute atomic E-state index is 6.62. The van der Waals surface area contributed by atoms with E-state index in [1.54, 1.807) is 11.3 Å². The van der Waals surface area contributed by atoms with E-state index >= 15 is 0 Å². The second-order valence-corrected chi connectivity index (χ2v) is 17.4. The van der Waals surface area contributed by atoms with Gasteiger partial charge in [-0.05, 0) is 78.9 Å². The lowest BCUT2D eigenvalue weighted by Crippen LogP contribution is -2.01. The topological polar surface area (TPSA) is 61.7 Å². The molecule has 14 aromatic rings. The van der Waals surface area contributed by atoms with Crippen molar-refractivity contribution in [1.29, 1.82) is 0 Å². The van der Waals surface area contributed by atoms with Crippen molar-refractivity contribution < 1.29 is 4.42 Å². The highest BCUT2D eigenvalue weighted by atomic mass is 32.1. The van der Waals surface area contributed by atoms with Crippen LogP contribution in [0.25, 0.3) is 131 Å². The van der Waals surface area contributed by atoms with E-state index in [1.165, 1.54) is 37.3 Å². The summed E-state index contributed by atoms with van der Waals surface area (Å²) in [6.45, 7) is 0. The van der Waals surface area contributed by atoms with Crippen LogP contribution < -0.4 is 0 Å². The van der Waals surface area contributed by atoms with Crippen LogP contribution in [0.5, 0.6) is 0 Å². The molecule has 7 heteroatoms. The molecule has 298 valence electrons. The molecule has 9 aromatic carbocycles. The Balaban J connectivity index is 0.974. The molecular formula is C57H33N5OS. The van der Waals surface area contributed by atoms with Crippen molar-refractivity contribution >= 4 is 97.1 Å². The van der Waals surface area contributed by atoms with Crippen LogP contribution in [0.2, 0.25) is 0 Å². The van der Waals surface area contributed by atoms with Crippen LogP contribution in [-0.2, 0) is 0 Å². The van der Waals surface area contributed by atoms with Gasteiger partial charge in [0.2, 0.25) is 0 Å². The number of para-hydroxylation sites is 4. The normalized spacial score (nSPS) is 12.1. The third-order valence-electron chi connectivity index (χ3n) is 12.8. The minimum absolute atomic E-state index is 0.609. The second-order valence-electron chi connectivity index (χ2n) is 16.3. The van der Waals surface area contributed by atoms with Gasteiger partial charge in [-0.15, -0.1) is 11.3 Å². The molecule has 5 heterocycles. The van der Waals surface area contributed by atoms with Crippen molar-refractivity contribution in [3.05, 3.63) is 200 Å². The Morgan fingerprint density at radius 2 is 0.906 bits per heavy atom. The van der Waals surface area contributed by atoms with E-state index in [2.05, 4.69) is 179 Å². The van der Waals surface area contributed by atoms with Gasteiger partial charge in [0.15, 0.2) is 17.5 Å². The third kappa shape index (κ3) is 5.16. The van der Waals surface area contributed by atoms with E-state index in [9.17, 15) is 0 Å². The molecule has 0 saturated carbocycles. The lowest BCUT2D eigenvalue weighted by Gasteiger charge is -2.12. The molecule has 0 aliphatic rings. The van der Waals surface area contributed by atoms with Gasteiger partial charge < -0.3 is 13.6 Å². The highest BCUT2D eigenvalue weighted by molar-refractivity contribution is 7.26. The van der Waals surface area contributed by atoms with Crippen LogP contribution in [0.4, 0.5) is 0 Å². The van der Waals surface area contributed by atoms with Crippen molar-refractivity contribution in [3.63, 3.8) is 0 Å². The summed E-state index contributed by atoms with van der Waals surface area (Å²) in [7, 11) is 0. The van der Waals surface area contributed by atoms with Crippen LogP contribution in [0.3, 0.4) is 0 Å². The predicted molar refractivity (Wildman–Crippen MR) is 265 cm³/mol. The smallest absolute Gasteiger partial charge is 0.165 e. The minimum atomic E-state index is 0.609. The van der Waals surface area contributed by atoms with Crippen molar-refractivity contribution in [3.8, 4) is 45.5 Å². The summed E-state index contributed by atoms with van der Waals surface area (Å²) in [6.07, 6.45) is 0. The number of furan rings is 1. The van der Waals surface area contributed by atoms with E-state index in [4.69, 9.17) is 19.4 Å². The van der Waals surface area contributed by atoms with Crippen LogP contribution in [0.1, 0.15) is 0 Å². The summed E-state index contributed by atoms with van der Waals surface area (Å²) in [5.74, 6) is 1.85. The summed E-state index contributed by atoms with van der Waals surface area (Å²) >= 11 is 1.75. The number of aromatic nitrogens is 5. The lowest BCUT2D eigenvalue weighted by atomic mass is 10.0. The lowest BCUT2D eigenvalue weighted by molar-refractivity contribution is 0.673. The number of thiophene rings is 1. The van der Waals surface area contributed by atoms with Gasteiger partial charge in [0.05, 0.1) is 26.8 Å².